The molecular weight excluding hydrogens is 280 g/mol. The largest absolute Gasteiger partial charge is 0.481 e. The topological polar surface area (TPSA) is 97.3 Å². The summed E-state index contributed by atoms with van der Waals surface area (Å²) in [5.41, 5.74) is 0. The summed E-state index contributed by atoms with van der Waals surface area (Å²) in [4.78, 5) is 24.4. The number of carboxylic acids is 1. The first-order valence-corrected chi connectivity index (χ1v) is 6.95. The molecule has 0 aromatic carbocycles. The molecule has 2 atom stereocenters. The van der Waals surface area contributed by atoms with Crippen LogP contribution in [0.15, 0.2) is 0 Å². The Morgan fingerprint density at radius 2 is 2.10 bits per heavy atom. The van der Waals surface area contributed by atoms with E-state index in [0.29, 0.717) is 32.8 Å². The number of carbonyl (C=O) groups excluding carboxylic acids is 1. The molecule has 122 valence electrons. The Balaban J connectivity index is 2.20. The number of carbonyl (C=O) groups is 2. The van der Waals surface area contributed by atoms with E-state index < -0.39 is 17.9 Å². The molecule has 1 heterocycles. The molecule has 0 bridgehead atoms. The van der Waals surface area contributed by atoms with Crippen LogP contribution in [0.3, 0.4) is 0 Å². The molecule has 0 aliphatic carbocycles. The Labute approximate surface area is 124 Å². The second-order valence-corrected chi connectivity index (χ2v) is 4.85. The Morgan fingerprint density at radius 1 is 1.33 bits per heavy atom. The average Bonchev–Trinajstić information content (AvgIpc) is 2.94. The van der Waals surface area contributed by atoms with E-state index in [0.717, 1.165) is 0 Å². The van der Waals surface area contributed by atoms with Crippen molar-refractivity contribution in [2.24, 2.45) is 5.92 Å². The minimum absolute atomic E-state index is 0.144. The molecule has 0 aromatic heterocycles. The number of likely N-dealkylation sites (N-methyl/N-ethyl adjacent to an activating group) is 1. The number of amides is 2. The van der Waals surface area contributed by atoms with Gasteiger partial charge in [-0.15, -0.1) is 0 Å². The van der Waals surface area contributed by atoms with Crippen molar-refractivity contribution >= 4 is 12.0 Å². The lowest BCUT2D eigenvalue weighted by atomic mass is 10.0. The summed E-state index contributed by atoms with van der Waals surface area (Å²) in [6.45, 7) is 2.49. The number of hydrogen-bond acceptors (Lipinski definition) is 5. The predicted molar refractivity (Wildman–Crippen MR) is 74.2 cm³/mol. The standard InChI is InChI=1S/C13H24N2O6/c1-15(11-9-21-8-10(11)12(16)17)13(18)14-4-3-5-20-7-6-19-2/h10-11H,3-9H2,1-2H3,(H,14,18)(H,16,17). The lowest BCUT2D eigenvalue weighted by Crippen LogP contribution is -2.48. The Bertz CT molecular complexity index is 339. The number of nitrogens with zero attached hydrogens (tertiary/aromatic N) is 1. The molecule has 1 fully saturated rings. The number of rotatable bonds is 9. The van der Waals surface area contributed by atoms with E-state index in [1.807, 2.05) is 0 Å². The zero-order valence-corrected chi connectivity index (χ0v) is 12.5. The smallest absolute Gasteiger partial charge is 0.317 e. The van der Waals surface area contributed by atoms with Crippen molar-refractivity contribution in [2.75, 3.05) is 53.7 Å². The SMILES string of the molecule is COCCOCCCNC(=O)N(C)C1COCC1C(=O)O. The van der Waals surface area contributed by atoms with Gasteiger partial charge in [-0.3, -0.25) is 4.79 Å². The molecular formula is C13H24N2O6. The summed E-state index contributed by atoms with van der Waals surface area (Å²) < 4.78 is 15.3. The van der Waals surface area contributed by atoms with Crippen molar-refractivity contribution in [1.82, 2.24) is 10.2 Å². The van der Waals surface area contributed by atoms with Gasteiger partial charge >= 0.3 is 12.0 Å². The molecule has 2 N–H and O–H groups in total. The fourth-order valence-electron chi connectivity index (χ4n) is 2.05. The van der Waals surface area contributed by atoms with Crippen LogP contribution in [0, 0.1) is 5.92 Å². The van der Waals surface area contributed by atoms with Crippen LogP contribution in [0.2, 0.25) is 0 Å². The number of ether oxygens (including phenoxy) is 3. The van der Waals surface area contributed by atoms with Gasteiger partial charge in [-0.05, 0) is 6.42 Å². The third-order valence-corrected chi connectivity index (χ3v) is 3.36. The van der Waals surface area contributed by atoms with E-state index >= 15 is 0 Å². The number of nitrogens with one attached hydrogen (secondary N) is 1. The Hall–Kier alpha value is -1.38. The zero-order chi connectivity index (χ0) is 15.7. The van der Waals surface area contributed by atoms with Gasteiger partial charge in [0.25, 0.3) is 0 Å². The summed E-state index contributed by atoms with van der Waals surface area (Å²) in [6.07, 6.45) is 0.687. The third kappa shape index (κ3) is 5.86. The van der Waals surface area contributed by atoms with E-state index in [2.05, 4.69) is 5.32 Å². The summed E-state index contributed by atoms with van der Waals surface area (Å²) in [6, 6.07) is -0.728. The van der Waals surface area contributed by atoms with Crippen LogP contribution in [0.1, 0.15) is 6.42 Å². The molecule has 0 aromatic rings. The van der Waals surface area contributed by atoms with Gasteiger partial charge < -0.3 is 29.5 Å². The third-order valence-electron chi connectivity index (χ3n) is 3.36. The van der Waals surface area contributed by atoms with Crippen molar-refractivity contribution in [3.05, 3.63) is 0 Å². The first kappa shape index (κ1) is 17.7. The van der Waals surface area contributed by atoms with Crippen molar-refractivity contribution in [3.8, 4) is 0 Å². The lowest BCUT2D eigenvalue weighted by molar-refractivity contribution is -0.142. The zero-order valence-electron chi connectivity index (χ0n) is 12.5. The molecule has 1 aliphatic rings. The molecule has 2 unspecified atom stereocenters. The normalized spacial score (nSPS) is 21.2. The highest BCUT2D eigenvalue weighted by atomic mass is 16.5. The minimum atomic E-state index is -0.941. The number of urea groups is 1. The molecule has 1 rings (SSSR count). The van der Waals surface area contributed by atoms with Gasteiger partial charge in [0.15, 0.2) is 0 Å². The molecule has 8 heteroatoms. The van der Waals surface area contributed by atoms with Gasteiger partial charge in [-0.2, -0.15) is 0 Å². The fraction of sp³-hybridized carbons (Fsp3) is 0.846. The Morgan fingerprint density at radius 3 is 2.76 bits per heavy atom. The summed E-state index contributed by atoms with van der Waals surface area (Å²) in [7, 11) is 3.19. The highest BCUT2D eigenvalue weighted by molar-refractivity contribution is 5.77. The van der Waals surface area contributed by atoms with Gasteiger partial charge in [0, 0.05) is 27.3 Å². The first-order valence-electron chi connectivity index (χ1n) is 6.95. The van der Waals surface area contributed by atoms with Gasteiger partial charge in [-0.1, -0.05) is 0 Å². The van der Waals surface area contributed by atoms with Crippen LogP contribution in [0.25, 0.3) is 0 Å². The van der Waals surface area contributed by atoms with Crippen LogP contribution in [-0.4, -0.2) is 81.8 Å². The monoisotopic (exact) mass is 304 g/mol. The first-order chi connectivity index (χ1) is 10.1. The van der Waals surface area contributed by atoms with Crippen LogP contribution in [0.4, 0.5) is 4.79 Å². The second kappa shape index (κ2) is 9.54. The molecule has 0 radical (unpaired) electrons. The van der Waals surface area contributed by atoms with Crippen molar-refractivity contribution in [3.63, 3.8) is 0 Å². The number of carboxylic acid groups (broad SMARTS) is 1. The van der Waals surface area contributed by atoms with E-state index in [9.17, 15) is 9.59 Å². The minimum Gasteiger partial charge on any atom is -0.481 e. The summed E-state index contributed by atoms with van der Waals surface area (Å²) in [5.74, 6) is -1.61. The van der Waals surface area contributed by atoms with E-state index in [1.54, 1.807) is 14.2 Å². The van der Waals surface area contributed by atoms with E-state index in [1.165, 1.54) is 4.90 Å². The van der Waals surface area contributed by atoms with Crippen molar-refractivity contribution in [1.29, 1.82) is 0 Å². The molecule has 2 amide bonds. The van der Waals surface area contributed by atoms with Crippen LogP contribution in [-0.2, 0) is 19.0 Å². The summed E-state index contributed by atoms with van der Waals surface area (Å²) in [5, 5.41) is 11.8. The van der Waals surface area contributed by atoms with Crippen LogP contribution in [0.5, 0.6) is 0 Å². The van der Waals surface area contributed by atoms with Gasteiger partial charge in [0.05, 0.1) is 32.5 Å². The maximum atomic E-state index is 11.9. The number of aliphatic carboxylic acids is 1. The average molecular weight is 304 g/mol. The van der Waals surface area contributed by atoms with Gasteiger partial charge in [0.1, 0.15) is 5.92 Å². The van der Waals surface area contributed by atoms with Crippen molar-refractivity contribution < 1.29 is 28.9 Å². The van der Waals surface area contributed by atoms with Crippen molar-refractivity contribution in [2.45, 2.75) is 12.5 Å². The van der Waals surface area contributed by atoms with Crippen LogP contribution >= 0.6 is 0 Å². The molecule has 1 saturated heterocycles. The molecule has 8 nitrogen and oxygen atoms in total. The number of methoxy groups -OCH3 is 1. The maximum Gasteiger partial charge on any atom is 0.317 e. The second-order valence-electron chi connectivity index (χ2n) is 4.85. The summed E-state index contributed by atoms with van der Waals surface area (Å²) >= 11 is 0. The number of hydrogen-bond donors (Lipinski definition) is 2. The molecule has 1 aliphatic heterocycles. The maximum absolute atomic E-state index is 11.9. The molecule has 0 saturated carbocycles. The fourth-order valence-corrected chi connectivity index (χ4v) is 2.05. The van der Waals surface area contributed by atoms with Gasteiger partial charge in [-0.25, -0.2) is 4.79 Å². The van der Waals surface area contributed by atoms with E-state index in [-0.39, 0.29) is 19.2 Å². The Kier molecular flexibility index (Phi) is 8.03. The van der Waals surface area contributed by atoms with Gasteiger partial charge in [0.2, 0.25) is 0 Å². The predicted octanol–water partition coefficient (Wildman–Crippen LogP) is -0.219. The van der Waals surface area contributed by atoms with E-state index in [4.69, 9.17) is 19.3 Å². The highest BCUT2D eigenvalue weighted by Crippen LogP contribution is 2.18. The van der Waals surface area contributed by atoms with Crippen LogP contribution < -0.4 is 5.32 Å². The quantitative estimate of drug-likeness (QED) is 0.572. The highest BCUT2D eigenvalue weighted by Gasteiger charge is 2.38. The molecule has 21 heavy (non-hydrogen) atoms. The lowest BCUT2D eigenvalue weighted by Gasteiger charge is -2.26. The molecule has 0 spiro atoms.